The first kappa shape index (κ1) is 16.0. The molecule has 0 fully saturated rings. The lowest BCUT2D eigenvalue weighted by molar-refractivity contribution is -0.130. The van der Waals surface area contributed by atoms with Crippen molar-refractivity contribution in [3.05, 3.63) is 0 Å². The molecule has 0 saturated heterocycles. The second-order valence-electron chi connectivity index (χ2n) is 4.38. The van der Waals surface area contributed by atoms with Crippen molar-refractivity contribution >= 4 is 21.8 Å². The Hall–Kier alpha value is -0.0500. The molecule has 0 aromatic carbocycles. The largest absolute Gasteiger partial charge is 0.346 e. The molecule has 0 radical (unpaired) electrons. The monoisotopic (exact) mass is 291 g/mol. The molecule has 0 heterocycles. The second-order valence-corrected chi connectivity index (χ2v) is 5.17. The average Bonchev–Trinajstić information content (AvgIpc) is 2.30. The number of carbonyl (C=O) groups excluding carboxylic acids is 1. The number of hydrogen-bond acceptors (Lipinski definition) is 1. The predicted octanol–water partition coefficient (Wildman–Crippen LogP) is 3.98. The van der Waals surface area contributed by atoms with Gasteiger partial charge in [-0.2, -0.15) is 0 Å². The smallest absolute Gasteiger partial charge is 0.222 e. The van der Waals surface area contributed by atoms with Gasteiger partial charge in [0.1, 0.15) is 0 Å². The summed E-state index contributed by atoms with van der Waals surface area (Å²) in [6.45, 7) is 3.07. The summed E-state index contributed by atoms with van der Waals surface area (Å²) in [6.07, 6.45) is 9.05. The summed E-state index contributed by atoms with van der Waals surface area (Å²) in [6, 6.07) is 0. The lowest BCUT2D eigenvalue weighted by Gasteiger charge is -2.16. The van der Waals surface area contributed by atoms with Crippen molar-refractivity contribution in [3.8, 4) is 0 Å². The molecule has 96 valence electrons. The van der Waals surface area contributed by atoms with Crippen molar-refractivity contribution in [2.75, 3.05) is 18.9 Å². The molecule has 0 aromatic rings. The van der Waals surface area contributed by atoms with Gasteiger partial charge in [0.05, 0.1) is 0 Å². The molecule has 1 amide bonds. The molecule has 0 saturated carbocycles. The van der Waals surface area contributed by atoms with Crippen LogP contribution in [0.25, 0.3) is 0 Å². The van der Waals surface area contributed by atoms with Gasteiger partial charge in [-0.25, -0.2) is 0 Å². The molecule has 16 heavy (non-hydrogen) atoms. The number of rotatable bonds is 10. The lowest BCUT2D eigenvalue weighted by atomic mass is 10.1. The van der Waals surface area contributed by atoms with E-state index in [9.17, 15) is 4.79 Å². The van der Waals surface area contributed by atoms with E-state index in [0.29, 0.717) is 5.91 Å². The third kappa shape index (κ3) is 9.20. The normalized spacial score (nSPS) is 10.4. The van der Waals surface area contributed by atoms with Crippen LogP contribution in [0.5, 0.6) is 0 Å². The number of hydrogen-bond donors (Lipinski definition) is 0. The summed E-state index contributed by atoms with van der Waals surface area (Å²) < 4.78 is 0. The van der Waals surface area contributed by atoms with Crippen LogP contribution in [0.1, 0.15) is 58.3 Å². The van der Waals surface area contributed by atoms with Crippen LogP contribution in [0.15, 0.2) is 0 Å². The quantitative estimate of drug-likeness (QED) is 0.440. The summed E-state index contributed by atoms with van der Waals surface area (Å²) in [5.74, 6) is 0.314. The van der Waals surface area contributed by atoms with E-state index < -0.39 is 0 Å². The maximum Gasteiger partial charge on any atom is 0.222 e. The minimum absolute atomic E-state index is 0.314. The molecule has 0 unspecified atom stereocenters. The first-order chi connectivity index (χ1) is 7.72. The first-order valence-corrected chi connectivity index (χ1v) is 7.64. The van der Waals surface area contributed by atoms with Gasteiger partial charge in [-0.15, -0.1) is 0 Å². The standard InChI is InChI=1S/C13H26BrNO/c1-3-4-12-15(2)13(16)10-8-6-5-7-9-11-14/h3-12H2,1-2H3. The summed E-state index contributed by atoms with van der Waals surface area (Å²) in [7, 11) is 1.92. The van der Waals surface area contributed by atoms with Crippen molar-refractivity contribution in [3.63, 3.8) is 0 Å². The zero-order chi connectivity index (χ0) is 12.2. The van der Waals surface area contributed by atoms with Crippen molar-refractivity contribution in [2.45, 2.75) is 58.3 Å². The number of alkyl halides is 1. The van der Waals surface area contributed by atoms with E-state index in [4.69, 9.17) is 0 Å². The fraction of sp³-hybridized carbons (Fsp3) is 0.923. The Labute approximate surface area is 109 Å². The fourth-order valence-corrected chi connectivity index (χ4v) is 2.01. The molecule has 0 bridgehead atoms. The maximum absolute atomic E-state index is 11.7. The van der Waals surface area contributed by atoms with Crippen LogP contribution in [-0.4, -0.2) is 29.7 Å². The fourth-order valence-electron chi connectivity index (χ4n) is 1.61. The van der Waals surface area contributed by atoms with E-state index in [0.717, 1.165) is 37.6 Å². The summed E-state index contributed by atoms with van der Waals surface area (Å²) in [5, 5.41) is 1.10. The average molecular weight is 292 g/mol. The number of unbranched alkanes of at least 4 members (excludes halogenated alkanes) is 5. The number of carbonyl (C=O) groups is 1. The minimum atomic E-state index is 0.314. The van der Waals surface area contributed by atoms with E-state index in [1.165, 1.54) is 25.7 Å². The van der Waals surface area contributed by atoms with Gasteiger partial charge in [0.2, 0.25) is 5.91 Å². The molecule has 2 nitrogen and oxygen atoms in total. The van der Waals surface area contributed by atoms with E-state index >= 15 is 0 Å². The third-order valence-corrected chi connectivity index (χ3v) is 3.36. The summed E-state index contributed by atoms with van der Waals surface area (Å²) >= 11 is 3.42. The highest BCUT2D eigenvalue weighted by Gasteiger charge is 2.06. The lowest BCUT2D eigenvalue weighted by Crippen LogP contribution is -2.27. The Balaban J connectivity index is 3.35. The molecule has 0 aliphatic heterocycles. The SMILES string of the molecule is CCCCN(C)C(=O)CCCCCCCBr. The number of amides is 1. The Morgan fingerprint density at radius 3 is 2.31 bits per heavy atom. The van der Waals surface area contributed by atoms with Gasteiger partial charge >= 0.3 is 0 Å². The highest BCUT2D eigenvalue weighted by Crippen LogP contribution is 2.08. The van der Waals surface area contributed by atoms with Gasteiger partial charge in [0, 0.05) is 25.3 Å². The van der Waals surface area contributed by atoms with Gasteiger partial charge in [-0.3, -0.25) is 4.79 Å². The Kier molecular flexibility index (Phi) is 11.4. The molecule has 0 atom stereocenters. The number of halogens is 1. The van der Waals surface area contributed by atoms with Gasteiger partial charge < -0.3 is 4.90 Å². The highest BCUT2D eigenvalue weighted by atomic mass is 79.9. The zero-order valence-electron chi connectivity index (χ0n) is 10.8. The molecular formula is C13H26BrNO. The molecule has 0 rings (SSSR count). The third-order valence-electron chi connectivity index (χ3n) is 2.80. The van der Waals surface area contributed by atoms with E-state index in [1.807, 2.05) is 11.9 Å². The molecule has 0 aromatic heterocycles. The zero-order valence-corrected chi connectivity index (χ0v) is 12.4. The molecular weight excluding hydrogens is 266 g/mol. The van der Waals surface area contributed by atoms with Crippen LogP contribution in [-0.2, 0) is 4.79 Å². The van der Waals surface area contributed by atoms with Crippen LogP contribution in [0.3, 0.4) is 0 Å². The van der Waals surface area contributed by atoms with Crippen LogP contribution in [0.2, 0.25) is 0 Å². The Morgan fingerprint density at radius 2 is 1.69 bits per heavy atom. The summed E-state index contributed by atoms with van der Waals surface area (Å²) in [5.41, 5.74) is 0. The molecule has 0 aliphatic rings. The topological polar surface area (TPSA) is 20.3 Å². The van der Waals surface area contributed by atoms with Gasteiger partial charge in [0.15, 0.2) is 0 Å². The van der Waals surface area contributed by atoms with E-state index in [-0.39, 0.29) is 0 Å². The van der Waals surface area contributed by atoms with Gasteiger partial charge in [0.25, 0.3) is 0 Å². The summed E-state index contributed by atoms with van der Waals surface area (Å²) in [4.78, 5) is 13.5. The van der Waals surface area contributed by atoms with Crippen LogP contribution >= 0.6 is 15.9 Å². The van der Waals surface area contributed by atoms with E-state index in [2.05, 4.69) is 22.9 Å². The molecule has 3 heteroatoms. The highest BCUT2D eigenvalue weighted by molar-refractivity contribution is 9.09. The predicted molar refractivity (Wildman–Crippen MR) is 74.0 cm³/mol. The Bertz CT molecular complexity index is 173. The van der Waals surface area contributed by atoms with Crippen molar-refractivity contribution < 1.29 is 4.79 Å². The molecule has 0 spiro atoms. The van der Waals surface area contributed by atoms with Crippen molar-refractivity contribution in [2.24, 2.45) is 0 Å². The van der Waals surface area contributed by atoms with Crippen LogP contribution in [0, 0.1) is 0 Å². The van der Waals surface area contributed by atoms with Gasteiger partial charge in [-0.05, 0) is 19.3 Å². The number of nitrogens with zero attached hydrogens (tertiary/aromatic N) is 1. The van der Waals surface area contributed by atoms with Gasteiger partial charge in [-0.1, -0.05) is 48.5 Å². The van der Waals surface area contributed by atoms with E-state index in [1.54, 1.807) is 0 Å². The van der Waals surface area contributed by atoms with Crippen molar-refractivity contribution in [1.29, 1.82) is 0 Å². The van der Waals surface area contributed by atoms with Crippen LogP contribution < -0.4 is 0 Å². The molecule has 0 N–H and O–H groups in total. The Morgan fingerprint density at radius 1 is 1.06 bits per heavy atom. The first-order valence-electron chi connectivity index (χ1n) is 6.52. The maximum atomic E-state index is 11.7. The minimum Gasteiger partial charge on any atom is -0.346 e. The second kappa shape index (κ2) is 11.4. The van der Waals surface area contributed by atoms with Crippen LogP contribution in [0.4, 0.5) is 0 Å². The molecule has 0 aliphatic carbocycles. The van der Waals surface area contributed by atoms with Crippen molar-refractivity contribution in [1.82, 2.24) is 4.90 Å².